The summed E-state index contributed by atoms with van der Waals surface area (Å²) in [4.78, 5) is 19.8. The van der Waals surface area contributed by atoms with Crippen molar-refractivity contribution in [3.63, 3.8) is 0 Å². The zero-order chi connectivity index (χ0) is 20.3. The summed E-state index contributed by atoms with van der Waals surface area (Å²) in [6, 6.07) is 14.4. The van der Waals surface area contributed by atoms with Crippen molar-refractivity contribution < 1.29 is 5.11 Å². The van der Waals surface area contributed by atoms with Crippen molar-refractivity contribution >= 4 is 27.4 Å². The molecule has 0 spiro atoms. The molecule has 1 N–H and O–H groups in total. The van der Waals surface area contributed by atoms with Gasteiger partial charge in [-0.3, -0.25) is 9.88 Å². The average Bonchev–Trinajstić information content (AvgIpc) is 3.25. The van der Waals surface area contributed by atoms with Gasteiger partial charge in [0.05, 0.1) is 12.0 Å². The first-order chi connectivity index (χ1) is 14.8. The zero-order valence-corrected chi connectivity index (χ0v) is 17.4. The highest BCUT2D eigenvalue weighted by Gasteiger charge is 2.23. The summed E-state index contributed by atoms with van der Waals surface area (Å²) in [5.41, 5.74) is 3.29. The SMILES string of the molecule is OCCN1CCN(c2nc(-c3cccnc3)nc3scc(-c4ccccc4)c23)CC1. The fraction of sp³-hybridized carbons (Fsp3) is 0.261. The number of fused-ring (bicyclic) bond motifs is 1. The van der Waals surface area contributed by atoms with Crippen molar-refractivity contribution in [2.45, 2.75) is 0 Å². The van der Waals surface area contributed by atoms with E-state index in [-0.39, 0.29) is 6.61 Å². The molecule has 7 heteroatoms. The monoisotopic (exact) mass is 417 g/mol. The highest BCUT2D eigenvalue weighted by molar-refractivity contribution is 7.17. The third-order valence-corrected chi connectivity index (χ3v) is 6.38. The molecule has 1 fully saturated rings. The van der Waals surface area contributed by atoms with Gasteiger partial charge in [-0.1, -0.05) is 30.3 Å². The van der Waals surface area contributed by atoms with Crippen LogP contribution in [0, 0.1) is 0 Å². The molecule has 6 nitrogen and oxygen atoms in total. The Labute approximate surface area is 179 Å². The van der Waals surface area contributed by atoms with E-state index < -0.39 is 0 Å². The second-order valence-corrected chi connectivity index (χ2v) is 8.22. The smallest absolute Gasteiger partial charge is 0.164 e. The maximum atomic E-state index is 9.26. The highest BCUT2D eigenvalue weighted by Crippen LogP contribution is 2.39. The number of piperazine rings is 1. The normalized spacial score (nSPS) is 15.0. The summed E-state index contributed by atoms with van der Waals surface area (Å²) in [6.45, 7) is 4.51. The maximum absolute atomic E-state index is 9.26. The molecule has 1 aromatic carbocycles. The first-order valence-electron chi connectivity index (χ1n) is 10.2. The fourth-order valence-corrected chi connectivity index (χ4v) is 4.87. The second-order valence-electron chi connectivity index (χ2n) is 7.36. The van der Waals surface area contributed by atoms with E-state index in [2.05, 4.69) is 44.4 Å². The predicted octanol–water partition coefficient (Wildman–Crippen LogP) is 3.53. The topological polar surface area (TPSA) is 65.4 Å². The number of rotatable bonds is 5. The van der Waals surface area contributed by atoms with Crippen molar-refractivity contribution in [3.05, 3.63) is 60.2 Å². The van der Waals surface area contributed by atoms with Gasteiger partial charge in [-0.25, -0.2) is 9.97 Å². The van der Waals surface area contributed by atoms with Crippen LogP contribution in [0.3, 0.4) is 0 Å². The molecule has 1 aliphatic rings. The summed E-state index contributed by atoms with van der Waals surface area (Å²) in [6.07, 6.45) is 3.58. The highest BCUT2D eigenvalue weighted by atomic mass is 32.1. The molecule has 4 heterocycles. The minimum Gasteiger partial charge on any atom is -0.395 e. The summed E-state index contributed by atoms with van der Waals surface area (Å²) < 4.78 is 0. The first-order valence-corrected chi connectivity index (χ1v) is 11.0. The summed E-state index contributed by atoms with van der Waals surface area (Å²) >= 11 is 1.66. The molecule has 4 aromatic rings. The average molecular weight is 418 g/mol. The minimum atomic E-state index is 0.200. The molecule has 1 aliphatic heterocycles. The van der Waals surface area contributed by atoms with E-state index in [1.807, 2.05) is 24.4 Å². The van der Waals surface area contributed by atoms with Crippen molar-refractivity contribution in [1.82, 2.24) is 19.9 Å². The lowest BCUT2D eigenvalue weighted by Crippen LogP contribution is -2.47. The molecule has 0 atom stereocenters. The first kappa shape index (κ1) is 19.1. The van der Waals surface area contributed by atoms with E-state index in [4.69, 9.17) is 9.97 Å². The van der Waals surface area contributed by atoms with Gasteiger partial charge >= 0.3 is 0 Å². The van der Waals surface area contributed by atoms with Crippen LogP contribution in [0.15, 0.2) is 60.2 Å². The van der Waals surface area contributed by atoms with Crippen LogP contribution in [-0.2, 0) is 0 Å². The number of aromatic nitrogens is 3. The molecule has 0 amide bonds. The fourth-order valence-electron chi connectivity index (χ4n) is 3.93. The van der Waals surface area contributed by atoms with Gasteiger partial charge in [-0.15, -0.1) is 11.3 Å². The number of benzene rings is 1. The Balaban J connectivity index is 1.62. The lowest BCUT2D eigenvalue weighted by Gasteiger charge is -2.35. The van der Waals surface area contributed by atoms with Gasteiger partial charge in [0.2, 0.25) is 0 Å². The summed E-state index contributed by atoms with van der Waals surface area (Å²) in [5, 5.41) is 12.6. The Bertz CT molecular complexity index is 1120. The second kappa shape index (κ2) is 8.47. The molecule has 0 unspecified atom stereocenters. The Morgan fingerprint density at radius 1 is 0.933 bits per heavy atom. The summed E-state index contributed by atoms with van der Waals surface area (Å²) in [5.74, 6) is 1.70. The molecule has 0 aliphatic carbocycles. The molecule has 30 heavy (non-hydrogen) atoms. The molecule has 1 saturated heterocycles. The molecular weight excluding hydrogens is 394 g/mol. The Kier molecular flexibility index (Phi) is 5.40. The Morgan fingerprint density at radius 2 is 1.73 bits per heavy atom. The molecule has 3 aromatic heterocycles. The van der Waals surface area contributed by atoms with Gasteiger partial charge in [0, 0.05) is 61.6 Å². The lowest BCUT2D eigenvalue weighted by atomic mass is 10.1. The van der Waals surface area contributed by atoms with Crippen LogP contribution >= 0.6 is 11.3 Å². The van der Waals surface area contributed by atoms with Crippen LogP contribution in [0.5, 0.6) is 0 Å². The largest absolute Gasteiger partial charge is 0.395 e. The maximum Gasteiger partial charge on any atom is 0.164 e. The van der Waals surface area contributed by atoms with Crippen LogP contribution in [0.2, 0.25) is 0 Å². The Hall–Kier alpha value is -2.87. The van der Waals surface area contributed by atoms with E-state index in [1.165, 1.54) is 11.1 Å². The zero-order valence-electron chi connectivity index (χ0n) is 16.6. The predicted molar refractivity (Wildman–Crippen MR) is 122 cm³/mol. The number of aliphatic hydroxyl groups is 1. The van der Waals surface area contributed by atoms with E-state index in [0.29, 0.717) is 5.82 Å². The summed E-state index contributed by atoms with van der Waals surface area (Å²) in [7, 11) is 0. The number of aliphatic hydroxyl groups excluding tert-OH is 1. The molecule has 152 valence electrons. The van der Waals surface area contributed by atoms with Gasteiger partial charge in [0.1, 0.15) is 10.6 Å². The van der Waals surface area contributed by atoms with E-state index >= 15 is 0 Å². The van der Waals surface area contributed by atoms with Gasteiger partial charge in [-0.05, 0) is 17.7 Å². The van der Waals surface area contributed by atoms with Crippen molar-refractivity contribution in [2.75, 3.05) is 44.2 Å². The number of hydrogen-bond acceptors (Lipinski definition) is 7. The van der Waals surface area contributed by atoms with Gasteiger partial charge in [0.25, 0.3) is 0 Å². The van der Waals surface area contributed by atoms with Crippen LogP contribution in [0.25, 0.3) is 32.7 Å². The molecule has 5 rings (SSSR count). The van der Waals surface area contributed by atoms with E-state index in [0.717, 1.165) is 54.3 Å². The van der Waals surface area contributed by atoms with Crippen LogP contribution in [0.1, 0.15) is 0 Å². The third-order valence-electron chi connectivity index (χ3n) is 5.51. The molecule has 0 radical (unpaired) electrons. The lowest BCUT2D eigenvalue weighted by molar-refractivity contribution is 0.188. The number of pyridine rings is 1. The number of thiophene rings is 1. The van der Waals surface area contributed by atoms with Crippen molar-refractivity contribution in [3.8, 4) is 22.5 Å². The van der Waals surface area contributed by atoms with Gasteiger partial charge in [0.15, 0.2) is 5.82 Å². The molecule has 0 bridgehead atoms. The minimum absolute atomic E-state index is 0.200. The van der Waals surface area contributed by atoms with Gasteiger partial charge < -0.3 is 10.0 Å². The number of anilines is 1. The van der Waals surface area contributed by atoms with Crippen LogP contribution in [-0.4, -0.2) is 64.3 Å². The number of β-amino-alcohol motifs (C(OH)–C–C–N with tert-alkyl or cyclic N) is 1. The number of nitrogens with zero attached hydrogens (tertiary/aromatic N) is 5. The van der Waals surface area contributed by atoms with Crippen LogP contribution in [0.4, 0.5) is 5.82 Å². The van der Waals surface area contributed by atoms with Crippen LogP contribution < -0.4 is 4.90 Å². The van der Waals surface area contributed by atoms with E-state index in [1.54, 1.807) is 17.5 Å². The Morgan fingerprint density at radius 3 is 2.47 bits per heavy atom. The van der Waals surface area contributed by atoms with E-state index in [9.17, 15) is 5.11 Å². The van der Waals surface area contributed by atoms with Crippen molar-refractivity contribution in [1.29, 1.82) is 0 Å². The third kappa shape index (κ3) is 3.67. The number of hydrogen-bond donors (Lipinski definition) is 1. The quantitative estimate of drug-likeness (QED) is 0.536. The molecule has 0 saturated carbocycles. The molecular formula is C23H23N5OS. The standard InChI is InChI=1S/C23H23N5OS/c29-14-13-27-9-11-28(12-10-27)22-20-19(17-5-2-1-3-6-17)16-30-23(20)26-21(25-22)18-7-4-8-24-15-18/h1-8,15-16,29H,9-14H2. The van der Waals surface area contributed by atoms with Gasteiger partial charge in [-0.2, -0.15) is 0 Å². The van der Waals surface area contributed by atoms with Crippen molar-refractivity contribution in [2.24, 2.45) is 0 Å².